The van der Waals surface area contributed by atoms with Crippen molar-refractivity contribution in [2.75, 3.05) is 31.6 Å². The summed E-state index contributed by atoms with van der Waals surface area (Å²) >= 11 is 0. The Morgan fingerprint density at radius 1 is 1.21 bits per heavy atom. The predicted octanol–water partition coefficient (Wildman–Crippen LogP) is 3.58. The first kappa shape index (κ1) is 22.4. The lowest BCUT2D eigenvalue weighted by atomic mass is 10.1. The lowest BCUT2D eigenvalue weighted by molar-refractivity contribution is 0.387. The Balaban J connectivity index is 0.00000280. The van der Waals surface area contributed by atoms with Crippen molar-refractivity contribution in [2.45, 2.75) is 46.2 Å². The third-order valence-electron chi connectivity index (χ3n) is 4.71. The topological polar surface area (TPSA) is 69.8 Å². The van der Waals surface area contributed by atoms with Crippen molar-refractivity contribution in [1.29, 1.82) is 0 Å². The van der Waals surface area contributed by atoms with E-state index in [9.17, 15) is 0 Å². The van der Waals surface area contributed by atoms with Gasteiger partial charge in [0, 0.05) is 45.8 Å². The molecule has 1 fully saturated rings. The zero-order chi connectivity index (χ0) is 19.1. The van der Waals surface area contributed by atoms with Gasteiger partial charge in [-0.25, -0.2) is 4.99 Å². The number of hydrogen-bond donors (Lipinski definition) is 1. The van der Waals surface area contributed by atoms with Gasteiger partial charge < -0.3 is 19.6 Å². The number of aliphatic imine (C=N–C) groups is 1. The van der Waals surface area contributed by atoms with E-state index in [2.05, 4.69) is 61.4 Å². The Hall–Kier alpha value is -1.84. The molecule has 0 unspecified atom stereocenters. The number of nitrogens with zero attached hydrogens (tertiary/aromatic N) is 5. The average Bonchev–Trinajstić information content (AvgIpc) is 3.11. The highest BCUT2D eigenvalue weighted by atomic mass is 127. The van der Waals surface area contributed by atoms with Crippen LogP contribution in [-0.2, 0) is 13.1 Å². The quantitative estimate of drug-likeness (QED) is 0.373. The van der Waals surface area contributed by atoms with Crippen LogP contribution in [0.1, 0.15) is 43.5 Å². The van der Waals surface area contributed by atoms with Crippen LogP contribution in [0, 0.1) is 6.92 Å². The van der Waals surface area contributed by atoms with Crippen LogP contribution in [0.25, 0.3) is 0 Å². The number of aryl methyl sites for hydroxylation is 1. The average molecular weight is 498 g/mol. The van der Waals surface area contributed by atoms with Crippen LogP contribution in [-0.4, -0.2) is 47.7 Å². The number of guanidine groups is 1. The van der Waals surface area contributed by atoms with Gasteiger partial charge in [-0.2, -0.15) is 4.98 Å². The SMILES string of the molecule is CCNC(=NCc1noc(C)n1)N(C)Cc1ccc(N2CCCCC2)cc1.I. The number of piperidine rings is 1. The van der Waals surface area contributed by atoms with E-state index in [1.54, 1.807) is 6.92 Å². The Labute approximate surface area is 184 Å². The Kier molecular flexibility index (Phi) is 9.01. The molecule has 1 saturated heterocycles. The van der Waals surface area contributed by atoms with Gasteiger partial charge in [-0.05, 0) is 43.9 Å². The van der Waals surface area contributed by atoms with Crippen LogP contribution in [0.15, 0.2) is 33.8 Å². The van der Waals surface area contributed by atoms with E-state index in [1.807, 2.05) is 7.05 Å². The Morgan fingerprint density at radius 3 is 2.54 bits per heavy atom. The second kappa shape index (κ2) is 11.2. The van der Waals surface area contributed by atoms with Gasteiger partial charge in [-0.15, -0.1) is 24.0 Å². The molecule has 0 saturated carbocycles. The normalized spacial score (nSPS) is 14.5. The molecule has 3 rings (SSSR count). The van der Waals surface area contributed by atoms with E-state index >= 15 is 0 Å². The number of aromatic nitrogens is 2. The smallest absolute Gasteiger partial charge is 0.223 e. The minimum Gasteiger partial charge on any atom is -0.372 e. The molecule has 8 heteroatoms. The van der Waals surface area contributed by atoms with E-state index in [-0.39, 0.29) is 24.0 Å². The molecule has 7 nitrogen and oxygen atoms in total. The third-order valence-corrected chi connectivity index (χ3v) is 4.71. The molecule has 2 heterocycles. The van der Waals surface area contributed by atoms with Gasteiger partial charge in [-0.3, -0.25) is 0 Å². The fraction of sp³-hybridized carbons (Fsp3) is 0.550. The summed E-state index contributed by atoms with van der Waals surface area (Å²) in [5.74, 6) is 1.99. The molecule has 0 bridgehead atoms. The summed E-state index contributed by atoms with van der Waals surface area (Å²) in [5.41, 5.74) is 2.59. The monoisotopic (exact) mass is 498 g/mol. The zero-order valence-corrected chi connectivity index (χ0v) is 19.3. The molecule has 1 aliphatic rings. The summed E-state index contributed by atoms with van der Waals surface area (Å²) < 4.78 is 5.01. The molecule has 2 aromatic rings. The van der Waals surface area contributed by atoms with Gasteiger partial charge in [-0.1, -0.05) is 17.3 Å². The summed E-state index contributed by atoms with van der Waals surface area (Å²) in [5, 5.41) is 7.23. The molecule has 1 aromatic heterocycles. The maximum absolute atomic E-state index is 5.01. The molecule has 1 aliphatic heterocycles. The zero-order valence-electron chi connectivity index (χ0n) is 17.0. The van der Waals surface area contributed by atoms with Crippen molar-refractivity contribution in [3.05, 3.63) is 41.5 Å². The van der Waals surface area contributed by atoms with Crippen LogP contribution in [0.2, 0.25) is 0 Å². The van der Waals surface area contributed by atoms with E-state index in [4.69, 9.17) is 4.52 Å². The lowest BCUT2D eigenvalue weighted by Crippen LogP contribution is -2.38. The molecule has 0 aliphatic carbocycles. The molecule has 0 amide bonds. The lowest BCUT2D eigenvalue weighted by Gasteiger charge is -2.29. The summed E-state index contributed by atoms with van der Waals surface area (Å²) in [6, 6.07) is 8.90. The van der Waals surface area contributed by atoms with Crippen LogP contribution >= 0.6 is 24.0 Å². The van der Waals surface area contributed by atoms with Gasteiger partial charge >= 0.3 is 0 Å². The Morgan fingerprint density at radius 2 is 1.93 bits per heavy atom. The standard InChI is InChI=1S/C20H30N6O.HI/c1-4-21-20(22-14-19-23-16(2)27-24-19)25(3)15-17-8-10-18(11-9-17)26-12-6-5-7-13-26;/h8-11H,4-7,12-15H2,1-3H3,(H,21,22);1H. The van der Waals surface area contributed by atoms with Gasteiger partial charge in [0.25, 0.3) is 0 Å². The predicted molar refractivity (Wildman–Crippen MR) is 123 cm³/mol. The van der Waals surface area contributed by atoms with E-state index in [0.29, 0.717) is 18.3 Å². The number of rotatable bonds is 6. The molecule has 154 valence electrons. The highest BCUT2D eigenvalue weighted by Crippen LogP contribution is 2.20. The maximum Gasteiger partial charge on any atom is 0.223 e. The number of nitrogens with one attached hydrogen (secondary N) is 1. The summed E-state index contributed by atoms with van der Waals surface area (Å²) in [6.07, 6.45) is 3.95. The molecule has 1 N–H and O–H groups in total. The highest BCUT2D eigenvalue weighted by Gasteiger charge is 2.12. The minimum absolute atomic E-state index is 0. The maximum atomic E-state index is 5.01. The molecule has 0 atom stereocenters. The number of hydrogen-bond acceptors (Lipinski definition) is 5. The van der Waals surface area contributed by atoms with Crippen LogP contribution < -0.4 is 10.2 Å². The molecule has 28 heavy (non-hydrogen) atoms. The van der Waals surface area contributed by atoms with Gasteiger partial charge in [0.1, 0.15) is 6.54 Å². The number of benzene rings is 1. The van der Waals surface area contributed by atoms with Crippen molar-refractivity contribution >= 4 is 35.6 Å². The number of halogens is 1. The first-order valence-corrected chi connectivity index (χ1v) is 9.78. The molecular weight excluding hydrogens is 467 g/mol. The second-order valence-corrected chi connectivity index (χ2v) is 6.97. The second-order valence-electron chi connectivity index (χ2n) is 6.97. The van der Waals surface area contributed by atoms with Crippen molar-refractivity contribution < 1.29 is 4.52 Å². The van der Waals surface area contributed by atoms with Gasteiger partial charge in [0.05, 0.1) is 0 Å². The molecule has 1 aromatic carbocycles. The largest absolute Gasteiger partial charge is 0.372 e. The van der Waals surface area contributed by atoms with Crippen molar-refractivity contribution in [2.24, 2.45) is 4.99 Å². The summed E-state index contributed by atoms with van der Waals surface area (Å²) in [7, 11) is 2.04. The summed E-state index contributed by atoms with van der Waals surface area (Å²) in [4.78, 5) is 13.4. The van der Waals surface area contributed by atoms with E-state index in [0.717, 1.165) is 19.0 Å². The highest BCUT2D eigenvalue weighted by molar-refractivity contribution is 14.0. The first-order valence-electron chi connectivity index (χ1n) is 9.78. The van der Waals surface area contributed by atoms with Crippen LogP contribution in [0.5, 0.6) is 0 Å². The van der Waals surface area contributed by atoms with Crippen molar-refractivity contribution in [3.8, 4) is 0 Å². The fourth-order valence-corrected chi connectivity index (χ4v) is 3.33. The molecule has 0 spiro atoms. The fourth-order valence-electron chi connectivity index (χ4n) is 3.33. The van der Waals surface area contributed by atoms with Crippen molar-refractivity contribution in [1.82, 2.24) is 20.4 Å². The van der Waals surface area contributed by atoms with Crippen LogP contribution in [0.4, 0.5) is 5.69 Å². The minimum atomic E-state index is 0. The van der Waals surface area contributed by atoms with E-state index < -0.39 is 0 Å². The molecule has 0 radical (unpaired) electrons. The van der Waals surface area contributed by atoms with Crippen LogP contribution in [0.3, 0.4) is 0 Å². The summed E-state index contributed by atoms with van der Waals surface area (Å²) in [6.45, 7) is 8.19. The van der Waals surface area contributed by atoms with Gasteiger partial charge in [0.15, 0.2) is 11.8 Å². The van der Waals surface area contributed by atoms with E-state index in [1.165, 1.54) is 43.6 Å². The third kappa shape index (κ3) is 6.35. The Bertz CT molecular complexity index is 739. The van der Waals surface area contributed by atoms with Gasteiger partial charge in [0.2, 0.25) is 5.89 Å². The first-order chi connectivity index (χ1) is 13.2. The van der Waals surface area contributed by atoms with Crippen molar-refractivity contribution in [3.63, 3.8) is 0 Å². The number of anilines is 1. The molecular formula is C20H31IN6O.